The fourth-order valence-corrected chi connectivity index (χ4v) is 1.76. The summed E-state index contributed by atoms with van der Waals surface area (Å²) >= 11 is 0. The summed E-state index contributed by atoms with van der Waals surface area (Å²) in [5.74, 6) is 0.526. The lowest BCUT2D eigenvalue weighted by molar-refractivity contribution is 0.220. The third-order valence-electron chi connectivity index (χ3n) is 2.86. The Morgan fingerprint density at radius 3 is 2.06 bits per heavy atom. The molecule has 1 heterocycles. The first-order chi connectivity index (χ1) is 7.68. The number of nitrogens with one attached hydrogen (secondary N) is 1. The molecule has 1 aromatic carbocycles. The van der Waals surface area contributed by atoms with Gasteiger partial charge in [-0.2, -0.15) is 0 Å². The van der Waals surface area contributed by atoms with Crippen molar-refractivity contribution in [2.24, 2.45) is 0 Å². The van der Waals surface area contributed by atoms with Crippen molar-refractivity contribution >= 4 is 0 Å². The van der Waals surface area contributed by atoms with Gasteiger partial charge in [-0.1, -0.05) is 38.1 Å². The second-order valence-electron chi connectivity index (χ2n) is 4.37. The molecule has 2 N–H and O–H groups in total. The number of H-pyrrole nitrogens is 1. The number of aromatic nitrogens is 1. The topological polar surface area (TPSA) is 36.0 Å². The zero-order chi connectivity index (χ0) is 11.5. The van der Waals surface area contributed by atoms with Gasteiger partial charge in [0.1, 0.15) is 6.10 Å². The van der Waals surface area contributed by atoms with E-state index in [4.69, 9.17) is 0 Å². The highest BCUT2D eigenvalue weighted by atomic mass is 16.3. The molecule has 0 aliphatic rings. The van der Waals surface area contributed by atoms with Crippen LogP contribution in [0.1, 0.15) is 42.6 Å². The summed E-state index contributed by atoms with van der Waals surface area (Å²) in [6.45, 7) is 4.33. The van der Waals surface area contributed by atoms with Crippen molar-refractivity contribution in [3.05, 3.63) is 59.4 Å². The number of rotatable bonds is 3. The molecule has 0 bridgehead atoms. The number of hydrogen-bond acceptors (Lipinski definition) is 1. The van der Waals surface area contributed by atoms with E-state index >= 15 is 0 Å². The van der Waals surface area contributed by atoms with Crippen LogP contribution in [0.3, 0.4) is 0 Å². The van der Waals surface area contributed by atoms with Gasteiger partial charge in [0.15, 0.2) is 0 Å². The van der Waals surface area contributed by atoms with Crippen molar-refractivity contribution in [3.8, 4) is 0 Å². The van der Waals surface area contributed by atoms with Crippen molar-refractivity contribution in [2.75, 3.05) is 0 Å². The minimum Gasteiger partial charge on any atom is -0.384 e. The van der Waals surface area contributed by atoms with Crippen molar-refractivity contribution in [1.29, 1.82) is 0 Å². The number of hydrogen-bond donors (Lipinski definition) is 2. The fraction of sp³-hybridized carbons (Fsp3) is 0.286. The highest BCUT2D eigenvalue weighted by Crippen LogP contribution is 2.23. The van der Waals surface area contributed by atoms with Gasteiger partial charge in [-0.15, -0.1) is 0 Å². The molecule has 1 atom stereocenters. The Labute approximate surface area is 96.0 Å². The van der Waals surface area contributed by atoms with Gasteiger partial charge in [0, 0.05) is 18.0 Å². The largest absolute Gasteiger partial charge is 0.384 e. The molecule has 2 aromatic rings. The van der Waals surface area contributed by atoms with Crippen molar-refractivity contribution in [3.63, 3.8) is 0 Å². The number of aliphatic hydroxyl groups excluding tert-OH is 1. The Morgan fingerprint density at radius 2 is 1.56 bits per heavy atom. The van der Waals surface area contributed by atoms with Gasteiger partial charge in [0.2, 0.25) is 0 Å². The van der Waals surface area contributed by atoms with E-state index < -0.39 is 6.10 Å². The van der Waals surface area contributed by atoms with Crippen LogP contribution in [-0.2, 0) is 0 Å². The lowest BCUT2D eigenvalue weighted by Gasteiger charge is -2.11. The lowest BCUT2D eigenvalue weighted by Crippen LogP contribution is -1.98. The first-order valence-electron chi connectivity index (χ1n) is 5.59. The zero-order valence-electron chi connectivity index (χ0n) is 9.64. The fourth-order valence-electron chi connectivity index (χ4n) is 1.76. The maximum Gasteiger partial charge on any atom is 0.105 e. The van der Waals surface area contributed by atoms with Crippen molar-refractivity contribution in [1.82, 2.24) is 4.98 Å². The molecule has 0 spiro atoms. The Balaban J connectivity index is 2.22. The second kappa shape index (κ2) is 4.54. The normalized spacial score (nSPS) is 13.0. The highest BCUT2D eigenvalue weighted by molar-refractivity contribution is 5.31. The standard InChI is InChI=1S/C14H17NO/c1-10(2)11-3-5-12(6-4-11)14(16)13-7-8-15-9-13/h3-10,14-16H,1-2H3. The molecule has 1 aromatic heterocycles. The minimum atomic E-state index is -0.535. The van der Waals surface area contributed by atoms with Crippen LogP contribution in [0, 0.1) is 0 Å². The van der Waals surface area contributed by atoms with Crippen LogP contribution < -0.4 is 0 Å². The summed E-state index contributed by atoms with van der Waals surface area (Å²) in [7, 11) is 0. The van der Waals surface area contributed by atoms with E-state index in [1.54, 1.807) is 0 Å². The van der Waals surface area contributed by atoms with Crippen molar-refractivity contribution < 1.29 is 5.11 Å². The van der Waals surface area contributed by atoms with Crippen LogP contribution in [0.5, 0.6) is 0 Å². The van der Waals surface area contributed by atoms with Gasteiger partial charge in [-0.3, -0.25) is 0 Å². The molecule has 84 valence electrons. The molecule has 0 aliphatic heterocycles. The van der Waals surface area contributed by atoms with Gasteiger partial charge in [0.25, 0.3) is 0 Å². The number of aliphatic hydroxyl groups is 1. The van der Waals surface area contributed by atoms with E-state index in [1.165, 1.54) is 5.56 Å². The van der Waals surface area contributed by atoms with E-state index in [0.29, 0.717) is 5.92 Å². The molecule has 0 saturated carbocycles. The predicted molar refractivity (Wildman–Crippen MR) is 65.4 cm³/mol. The van der Waals surface area contributed by atoms with Crippen LogP contribution in [0.4, 0.5) is 0 Å². The monoisotopic (exact) mass is 215 g/mol. The average Bonchev–Trinajstić information content (AvgIpc) is 2.81. The van der Waals surface area contributed by atoms with Gasteiger partial charge < -0.3 is 10.1 Å². The van der Waals surface area contributed by atoms with Gasteiger partial charge in [-0.25, -0.2) is 0 Å². The number of aromatic amines is 1. The molecule has 0 saturated heterocycles. The molecule has 2 rings (SSSR count). The Morgan fingerprint density at radius 1 is 0.938 bits per heavy atom. The lowest BCUT2D eigenvalue weighted by atomic mass is 9.98. The summed E-state index contributed by atoms with van der Waals surface area (Å²) in [4.78, 5) is 2.95. The van der Waals surface area contributed by atoms with E-state index in [0.717, 1.165) is 11.1 Å². The smallest absolute Gasteiger partial charge is 0.105 e. The molecule has 0 amide bonds. The van der Waals surface area contributed by atoms with E-state index in [9.17, 15) is 5.11 Å². The molecule has 2 nitrogen and oxygen atoms in total. The maximum atomic E-state index is 10.1. The summed E-state index contributed by atoms with van der Waals surface area (Å²) < 4.78 is 0. The van der Waals surface area contributed by atoms with Crippen LogP contribution in [-0.4, -0.2) is 10.1 Å². The zero-order valence-corrected chi connectivity index (χ0v) is 9.64. The summed E-state index contributed by atoms with van der Waals surface area (Å²) in [6.07, 6.45) is 3.11. The predicted octanol–water partition coefficient (Wildman–Crippen LogP) is 3.22. The summed E-state index contributed by atoms with van der Waals surface area (Å²) in [5.41, 5.74) is 3.13. The molecule has 0 fully saturated rings. The molecule has 1 unspecified atom stereocenters. The maximum absolute atomic E-state index is 10.1. The second-order valence-corrected chi connectivity index (χ2v) is 4.37. The third-order valence-corrected chi connectivity index (χ3v) is 2.86. The SMILES string of the molecule is CC(C)c1ccc(C(O)c2cc[nH]c2)cc1. The molecular formula is C14H17NO. The van der Waals surface area contributed by atoms with Crippen LogP contribution >= 0.6 is 0 Å². The Hall–Kier alpha value is -1.54. The van der Waals surface area contributed by atoms with E-state index in [2.05, 4.69) is 31.0 Å². The first-order valence-corrected chi connectivity index (χ1v) is 5.59. The minimum absolute atomic E-state index is 0.526. The third kappa shape index (κ3) is 2.17. The summed E-state index contributed by atoms with van der Waals surface area (Å²) in [6, 6.07) is 10.0. The first kappa shape index (κ1) is 11.0. The Kier molecular flexibility index (Phi) is 3.11. The van der Waals surface area contributed by atoms with Gasteiger partial charge in [-0.05, 0) is 23.1 Å². The quantitative estimate of drug-likeness (QED) is 0.810. The molecule has 0 aliphatic carbocycles. The van der Waals surface area contributed by atoms with Crippen LogP contribution in [0.15, 0.2) is 42.7 Å². The van der Waals surface area contributed by atoms with Gasteiger partial charge >= 0.3 is 0 Å². The number of benzene rings is 1. The average molecular weight is 215 g/mol. The highest BCUT2D eigenvalue weighted by Gasteiger charge is 2.10. The van der Waals surface area contributed by atoms with Crippen molar-refractivity contribution in [2.45, 2.75) is 25.9 Å². The molecule has 0 radical (unpaired) electrons. The van der Waals surface area contributed by atoms with Crippen LogP contribution in [0.2, 0.25) is 0 Å². The molecule has 2 heteroatoms. The Bertz CT molecular complexity index is 428. The van der Waals surface area contributed by atoms with E-state index in [-0.39, 0.29) is 0 Å². The summed E-state index contributed by atoms with van der Waals surface area (Å²) in [5, 5.41) is 10.1. The van der Waals surface area contributed by atoms with E-state index in [1.807, 2.05) is 30.6 Å². The molecular weight excluding hydrogens is 198 g/mol. The van der Waals surface area contributed by atoms with Gasteiger partial charge in [0.05, 0.1) is 0 Å². The molecule has 16 heavy (non-hydrogen) atoms. The van der Waals surface area contributed by atoms with Crippen LogP contribution in [0.25, 0.3) is 0 Å².